The van der Waals surface area contributed by atoms with E-state index in [0.29, 0.717) is 6.54 Å². The van der Waals surface area contributed by atoms with E-state index in [-0.39, 0.29) is 12.0 Å². The minimum atomic E-state index is 0.147. The first-order valence-corrected chi connectivity index (χ1v) is 8.58. The highest BCUT2D eigenvalue weighted by atomic mass is 16.5. The van der Waals surface area contributed by atoms with Crippen LogP contribution in [0.2, 0.25) is 0 Å². The summed E-state index contributed by atoms with van der Waals surface area (Å²) >= 11 is 0. The van der Waals surface area contributed by atoms with Crippen molar-refractivity contribution in [1.29, 1.82) is 0 Å². The van der Waals surface area contributed by atoms with Gasteiger partial charge in [-0.1, -0.05) is 12.1 Å². The van der Waals surface area contributed by atoms with Crippen molar-refractivity contribution < 1.29 is 9.53 Å². The van der Waals surface area contributed by atoms with Crippen molar-refractivity contribution in [2.24, 2.45) is 0 Å². The average Bonchev–Trinajstić information content (AvgIpc) is 2.64. The van der Waals surface area contributed by atoms with Crippen LogP contribution in [0.3, 0.4) is 0 Å². The number of likely N-dealkylation sites (tertiary alicyclic amines) is 1. The Bertz CT molecular complexity index is 698. The summed E-state index contributed by atoms with van der Waals surface area (Å²) in [7, 11) is 3.59. The molecule has 0 radical (unpaired) electrons. The fourth-order valence-corrected chi connectivity index (χ4v) is 2.93. The summed E-state index contributed by atoms with van der Waals surface area (Å²) in [6, 6.07) is 9.85. The number of nitrogens with zero attached hydrogens (tertiary/aromatic N) is 4. The maximum Gasteiger partial charge on any atom is 0.236 e. The molecule has 1 amide bonds. The van der Waals surface area contributed by atoms with Crippen LogP contribution in [0.15, 0.2) is 42.9 Å². The number of amides is 1. The second kappa shape index (κ2) is 8.07. The van der Waals surface area contributed by atoms with Crippen molar-refractivity contribution >= 4 is 5.91 Å². The third kappa shape index (κ3) is 4.54. The molecule has 2 aromatic rings. The average molecular weight is 340 g/mol. The lowest BCUT2D eigenvalue weighted by Gasteiger charge is -2.32. The summed E-state index contributed by atoms with van der Waals surface area (Å²) in [5.74, 6) is 0.998. The van der Waals surface area contributed by atoms with Crippen LogP contribution in [0, 0.1) is 0 Å². The van der Waals surface area contributed by atoms with Gasteiger partial charge in [0.05, 0.1) is 12.2 Å². The minimum absolute atomic E-state index is 0.147. The molecule has 25 heavy (non-hydrogen) atoms. The predicted octanol–water partition coefficient (Wildman–Crippen LogP) is 2.07. The van der Waals surface area contributed by atoms with Crippen molar-refractivity contribution in [3.05, 3.63) is 42.9 Å². The summed E-state index contributed by atoms with van der Waals surface area (Å²) in [5, 5.41) is 0. The Kier molecular flexibility index (Phi) is 5.60. The molecule has 1 aromatic heterocycles. The molecule has 3 rings (SSSR count). The van der Waals surface area contributed by atoms with Crippen LogP contribution in [-0.4, -0.2) is 65.5 Å². The van der Waals surface area contributed by atoms with Gasteiger partial charge >= 0.3 is 0 Å². The number of likely N-dealkylation sites (N-methyl/N-ethyl adjacent to an activating group) is 1. The van der Waals surface area contributed by atoms with Gasteiger partial charge in [-0.3, -0.25) is 9.69 Å². The molecule has 2 heterocycles. The number of aromatic nitrogens is 2. The molecule has 6 nitrogen and oxygen atoms in total. The van der Waals surface area contributed by atoms with E-state index < -0.39 is 0 Å². The zero-order chi connectivity index (χ0) is 17.6. The van der Waals surface area contributed by atoms with Gasteiger partial charge in [0, 0.05) is 38.9 Å². The van der Waals surface area contributed by atoms with Crippen LogP contribution in [0.4, 0.5) is 0 Å². The molecule has 6 heteroatoms. The molecule has 0 aliphatic carbocycles. The third-order valence-electron chi connectivity index (χ3n) is 4.43. The van der Waals surface area contributed by atoms with Crippen LogP contribution in [0.5, 0.6) is 5.75 Å². The zero-order valence-electron chi connectivity index (χ0n) is 14.8. The predicted molar refractivity (Wildman–Crippen MR) is 96.3 cm³/mol. The third-order valence-corrected chi connectivity index (χ3v) is 4.43. The van der Waals surface area contributed by atoms with Gasteiger partial charge < -0.3 is 9.64 Å². The second-order valence-electron chi connectivity index (χ2n) is 6.47. The number of piperidine rings is 1. The van der Waals surface area contributed by atoms with Gasteiger partial charge in [-0.15, -0.1) is 0 Å². The van der Waals surface area contributed by atoms with E-state index >= 15 is 0 Å². The summed E-state index contributed by atoms with van der Waals surface area (Å²) in [4.78, 5) is 24.0. The monoisotopic (exact) mass is 340 g/mol. The lowest BCUT2D eigenvalue weighted by Crippen LogP contribution is -2.43. The van der Waals surface area contributed by atoms with E-state index in [1.165, 1.54) is 0 Å². The van der Waals surface area contributed by atoms with Gasteiger partial charge in [0.1, 0.15) is 18.2 Å². The second-order valence-corrected chi connectivity index (χ2v) is 6.47. The lowest BCUT2D eigenvalue weighted by molar-refractivity contribution is -0.130. The highest BCUT2D eigenvalue weighted by Crippen LogP contribution is 2.30. The molecular weight excluding hydrogens is 316 g/mol. The van der Waals surface area contributed by atoms with Crippen molar-refractivity contribution in [3.8, 4) is 17.0 Å². The highest BCUT2D eigenvalue weighted by Gasteiger charge is 2.23. The fourth-order valence-electron chi connectivity index (χ4n) is 2.93. The van der Waals surface area contributed by atoms with Crippen molar-refractivity contribution in [3.63, 3.8) is 0 Å². The zero-order valence-corrected chi connectivity index (χ0v) is 14.8. The van der Waals surface area contributed by atoms with E-state index in [2.05, 4.69) is 14.9 Å². The molecule has 1 aliphatic rings. The van der Waals surface area contributed by atoms with E-state index in [9.17, 15) is 4.79 Å². The molecule has 1 saturated heterocycles. The Hall–Kier alpha value is -2.47. The molecule has 0 atom stereocenters. The van der Waals surface area contributed by atoms with E-state index in [0.717, 1.165) is 42.9 Å². The van der Waals surface area contributed by atoms with Crippen LogP contribution < -0.4 is 4.74 Å². The van der Waals surface area contributed by atoms with Crippen molar-refractivity contribution in [2.45, 2.75) is 18.9 Å². The minimum Gasteiger partial charge on any atom is -0.490 e. The van der Waals surface area contributed by atoms with Crippen molar-refractivity contribution in [1.82, 2.24) is 19.8 Å². The van der Waals surface area contributed by atoms with E-state index in [1.54, 1.807) is 31.5 Å². The number of ether oxygens (including phenoxy) is 1. The normalized spacial score (nSPS) is 15.8. The quantitative estimate of drug-likeness (QED) is 0.834. The molecular formula is C19H24N4O2. The molecule has 0 bridgehead atoms. The standard InChI is InChI=1S/C19H24N4O2/c1-22(2)19(24)13-23-11-8-15(9-12-23)25-18-6-4-3-5-16(18)17-7-10-20-14-21-17/h3-7,10,14-15H,8-9,11-13H2,1-2H3. The molecule has 1 aliphatic heterocycles. The molecule has 1 fully saturated rings. The Morgan fingerprint density at radius 2 is 2.00 bits per heavy atom. The van der Waals surface area contributed by atoms with Crippen LogP contribution in [-0.2, 0) is 4.79 Å². The topological polar surface area (TPSA) is 58.6 Å². The molecule has 0 spiro atoms. The Balaban J connectivity index is 1.61. The van der Waals surface area contributed by atoms with Gasteiger partial charge in [0.25, 0.3) is 0 Å². The lowest BCUT2D eigenvalue weighted by atomic mass is 10.1. The summed E-state index contributed by atoms with van der Waals surface area (Å²) < 4.78 is 6.26. The maximum absolute atomic E-state index is 11.8. The molecule has 0 saturated carbocycles. The van der Waals surface area contributed by atoms with E-state index in [4.69, 9.17) is 4.74 Å². The van der Waals surface area contributed by atoms with Crippen LogP contribution >= 0.6 is 0 Å². The van der Waals surface area contributed by atoms with Crippen molar-refractivity contribution in [2.75, 3.05) is 33.7 Å². The smallest absolute Gasteiger partial charge is 0.236 e. The molecule has 0 unspecified atom stereocenters. The van der Waals surface area contributed by atoms with Gasteiger partial charge in [-0.2, -0.15) is 0 Å². The Labute approximate surface area is 148 Å². The number of hydrogen-bond acceptors (Lipinski definition) is 5. The van der Waals surface area contributed by atoms with Gasteiger partial charge in [-0.25, -0.2) is 9.97 Å². The number of rotatable bonds is 5. The highest BCUT2D eigenvalue weighted by molar-refractivity contribution is 5.77. The van der Waals surface area contributed by atoms with Gasteiger partial charge in [0.2, 0.25) is 5.91 Å². The van der Waals surface area contributed by atoms with Crippen LogP contribution in [0.1, 0.15) is 12.8 Å². The number of carbonyl (C=O) groups is 1. The molecule has 132 valence electrons. The first-order valence-electron chi connectivity index (χ1n) is 8.58. The van der Waals surface area contributed by atoms with Gasteiger partial charge in [-0.05, 0) is 31.0 Å². The Morgan fingerprint density at radius 1 is 1.24 bits per heavy atom. The number of carbonyl (C=O) groups excluding carboxylic acids is 1. The number of benzene rings is 1. The Morgan fingerprint density at radius 3 is 2.68 bits per heavy atom. The first kappa shape index (κ1) is 17.4. The summed E-state index contributed by atoms with van der Waals surface area (Å²) in [6.45, 7) is 2.23. The summed E-state index contributed by atoms with van der Waals surface area (Å²) in [5.41, 5.74) is 1.84. The van der Waals surface area contributed by atoms with Crippen LogP contribution in [0.25, 0.3) is 11.3 Å². The maximum atomic E-state index is 11.8. The number of para-hydroxylation sites is 1. The number of hydrogen-bond donors (Lipinski definition) is 0. The first-order chi connectivity index (χ1) is 12.1. The van der Waals surface area contributed by atoms with Gasteiger partial charge in [0.15, 0.2) is 0 Å². The largest absolute Gasteiger partial charge is 0.490 e. The van der Waals surface area contributed by atoms with E-state index in [1.807, 2.05) is 30.3 Å². The SMILES string of the molecule is CN(C)C(=O)CN1CCC(Oc2ccccc2-c2ccncn2)CC1. The summed E-state index contributed by atoms with van der Waals surface area (Å²) in [6.07, 6.45) is 5.28. The molecule has 1 aromatic carbocycles. The fraction of sp³-hybridized carbons (Fsp3) is 0.421. The molecule has 0 N–H and O–H groups in total.